The van der Waals surface area contributed by atoms with Gasteiger partial charge in [-0.3, -0.25) is 0 Å². The highest BCUT2D eigenvalue weighted by atomic mass is 79.9. The molecule has 0 aliphatic heterocycles. The van der Waals surface area contributed by atoms with E-state index in [9.17, 15) is 5.11 Å². The Kier molecular flexibility index (Phi) is 4.82. The maximum atomic E-state index is 9.87. The molecule has 0 fully saturated rings. The standard InChI is InChI=1S/C19H17BrN6O2/c1-3-26-14-7-5-4-6-12(14)16-18(26)22-19(25-23-16)24-21-10-11-8-13(20)17(27)15(9-11)28-2/h4-10,27H,3H2,1-2H3,(H,22,24,25)/b21-10+. The Labute approximate surface area is 169 Å². The number of fused-ring (bicyclic) bond motifs is 3. The minimum atomic E-state index is 0.0398. The van der Waals surface area contributed by atoms with Crippen LogP contribution in [0.25, 0.3) is 22.1 Å². The summed E-state index contributed by atoms with van der Waals surface area (Å²) in [6.45, 7) is 2.84. The highest BCUT2D eigenvalue weighted by molar-refractivity contribution is 9.10. The van der Waals surface area contributed by atoms with Gasteiger partial charge in [-0.15, -0.1) is 10.2 Å². The molecule has 2 heterocycles. The highest BCUT2D eigenvalue weighted by Gasteiger charge is 2.13. The molecule has 0 saturated carbocycles. The van der Waals surface area contributed by atoms with Crippen LogP contribution in [0.3, 0.4) is 0 Å². The Hall–Kier alpha value is -3.20. The third kappa shape index (κ3) is 3.13. The Bertz CT molecular complexity index is 1200. The first-order valence-corrected chi connectivity index (χ1v) is 9.39. The molecule has 8 nitrogen and oxygen atoms in total. The van der Waals surface area contributed by atoms with Crippen LogP contribution in [0, 0.1) is 0 Å². The van der Waals surface area contributed by atoms with Gasteiger partial charge < -0.3 is 14.4 Å². The topological polar surface area (TPSA) is 97.5 Å². The number of phenols is 1. The number of aryl methyl sites for hydroxylation is 1. The Morgan fingerprint density at radius 3 is 2.89 bits per heavy atom. The first kappa shape index (κ1) is 18.2. The third-order valence-electron chi connectivity index (χ3n) is 4.34. The van der Waals surface area contributed by atoms with Gasteiger partial charge in [-0.25, -0.2) is 5.43 Å². The van der Waals surface area contributed by atoms with E-state index >= 15 is 0 Å². The van der Waals surface area contributed by atoms with E-state index in [0.29, 0.717) is 16.2 Å². The molecule has 28 heavy (non-hydrogen) atoms. The molecule has 2 N–H and O–H groups in total. The number of anilines is 1. The lowest BCUT2D eigenvalue weighted by Gasteiger charge is -2.06. The van der Waals surface area contributed by atoms with Crippen molar-refractivity contribution in [2.24, 2.45) is 5.10 Å². The van der Waals surface area contributed by atoms with Crippen LogP contribution in [0.1, 0.15) is 12.5 Å². The number of nitrogens with one attached hydrogen (secondary N) is 1. The molecule has 0 bridgehead atoms. The molecule has 0 unspecified atom stereocenters. The molecular weight excluding hydrogens is 424 g/mol. The van der Waals surface area contributed by atoms with Crippen LogP contribution < -0.4 is 10.2 Å². The summed E-state index contributed by atoms with van der Waals surface area (Å²) in [6.07, 6.45) is 1.58. The minimum Gasteiger partial charge on any atom is -0.503 e. The predicted octanol–water partition coefficient (Wildman–Crippen LogP) is 3.92. The number of para-hydroxylation sites is 1. The minimum absolute atomic E-state index is 0.0398. The fraction of sp³-hybridized carbons (Fsp3) is 0.158. The molecule has 0 amide bonds. The highest BCUT2D eigenvalue weighted by Crippen LogP contribution is 2.34. The van der Waals surface area contributed by atoms with Crippen LogP contribution in [0.5, 0.6) is 11.5 Å². The average Bonchev–Trinajstić information content (AvgIpc) is 3.03. The number of hydrogen-bond acceptors (Lipinski definition) is 7. The molecule has 4 aromatic rings. The van der Waals surface area contributed by atoms with Crippen molar-refractivity contribution in [2.45, 2.75) is 13.5 Å². The van der Waals surface area contributed by atoms with Gasteiger partial charge in [0.15, 0.2) is 17.1 Å². The number of halogens is 1. The van der Waals surface area contributed by atoms with Crippen LogP contribution in [0.2, 0.25) is 0 Å². The molecule has 4 rings (SSSR count). The summed E-state index contributed by atoms with van der Waals surface area (Å²) in [7, 11) is 1.49. The number of nitrogens with zero attached hydrogens (tertiary/aromatic N) is 5. The molecule has 2 aromatic carbocycles. The lowest BCUT2D eigenvalue weighted by molar-refractivity contribution is 0.372. The van der Waals surface area contributed by atoms with Crippen molar-refractivity contribution in [1.82, 2.24) is 19.7 Å². The zero-order chi connectivity index (χ0) is 19.7. The summed E-state index contributed by atoms with van der Waals surface area (Å²) < 4.78 is 7.74. The second kappa shape index (κ2) is 7.43. The molecule has 9 heteroatoms. The molecule has 0 saturated heterocycles. The van der Waals surface area contributed by atoms with E-state index in [1.54, 1.807) is 18.3 Å². The van der Waals surface area contributed by atoms with Crippen molar-refractivity contribution in [3.8, 4) is 11.5 Å². The molecule has 142 valence electrons. The van der Waals surface area contributed by atoms with Gasteiger partial charge in [0, 0.05) is 11.9 Å². The predicted molar refractivity (Wildman–Crippen MR) is 112 cm³/mol. The fourth-order valence-electron chi connectivity index (χ4n) is 3.06. The largest absolute Gasteiger partial charge is 0.503 e. The molecule has 0 aliphatic rings. The number of hydrazone groups is 1. The molecule has 0 spiro atoms. The van der Waals surface area contributed by atoms with Crippen LogP contribution >= 0.6 is 15.9 Å². The van der Waals surface area contributed by atoms with Crippen molar-refractivity contribution in [1.29, 1.82) is 0 Å². The lowest BCUT2D eigenvalue weighted by atomic mass is 10.2. The van der Waals surface area contributed by atoms with Gasteiger partial charge in [-0.05, 0) is 46.6 Å². The van der Waals surface area contributed by atoms with Crippen molar-refractivity contribution in [3.05, 3.63) is 46.4 Å². The third-order valence-corrected chi connectivity index (χ3v) is 4.94. The molecule has 2 aromatic heterocycles. The van der Waals surface area contributed by atoms with Gasteiger partial charge in [0.1, 0.15) is 5.52 Å². The average molecular weight is 441 g/mol. The Balaban J connectivity index is 1.65. The monoisotopic (exact) mass is 440 g/mol. The van der Waals surface area contributed by atoms with Crippen LogP contribution in [0.4, 0.5) is 5.95 Å². The Morgan fingerprint density at radius 2 is 2.11 bits per heavy atom. The first-order chi connectivity index (χ1) is 13.6. The van der Waals surface area contributed by atoms with Crippen molar-refractivity contribution in [3.63, 3.8) is 0 Å². The van der Waals surface area contributed by atoms with E-state index in [2.05, 4.69) is 53.1 Å². The summed E-state index contributed by atoms with van der Waals surface area (Å²) in [4.78, 5) is 4.57. The van der Waals surface area contributed by atoms with Crippen LogP contribution in [-0.2, 0) is 6.54 Å². The summed E-state index contributed by atoms with van der Waals surface area (Å²) in [5.41, 5.74) is 6.12. The van der Waals surface area contributed by atoms with E-state index in [4.69, 9.17) is 4.74 Å². The van der Waals surface area contributed by atoms with Crippen molar-refractivity contribution >= 4 is 50.2 Å². The van der Waals surface area contributed by atoms with Crippen molar-refractivity contribution < 1.29 is 9.84 Å². The number of benzene rings is 2. The molecule has 0 atom stereocenters. The second-order valence-corrected chi connectivity index (χ2v) is 6.85. The normalized spacial score (nSPS) is 11.5. The summed E-state index contributed by atoms with van der Waals surface area (Å²) in [5.74, 6) is 0.687. The molecule has 0 aliphatic carbocycles. The van der Waals surface area contributed by atoms with Gasteiger partial charge in [-0.1, -0.05) is 18.2 Å². The number of ether oxygens (including phenoxy) is 1. The number of methoxy groups -OCH3 is 1. The number of rotatable bonds is 5. The summed E-state index contributed by atoms with van der Waals surface area (Å²) in [6, 6.07) is 11.4. The van der Waals surface area contributed by atoms with Crippen LogP contribution in [-0.4, -0.2) is 38.2 Å². The van der Waals surface area contributed by atoms with E-state index in [-0.39, 0.29) is 5.75 Å². The number of phenolic OH excluding ortho intramolecular Hbond substituents is 1. The molecule has 0 radical (unpaired) electrons. The maximum Gasteiger partial charge on any atom is 0.265 e. The second-order valence-electron chi connectivity index (χ2n) is 5.99. The maximum absolute atomic E-state index is 9.87. The van der Waals surface area contributed by atoms with Gasteiger partial charge >= 0.3 is 0 Å². The van der Waals surface area contributed by atoms with Gasteiger partial charge in [0.05, 0.1) is 23.3 Å². The number of hydrogen-bond donors (Lipinski definition) is 2. The van der Waals surface area contributed by atoms with Gasteiger partial charge in [-0.2, -0.15) is 10.1 Å². The smallest absolute Gasteiger partial charge is 0.265 e. The first-order valence-electron chi connectivity index (χ1n) is 8.59. The van der Waals surface area contributed by atoms with E-state index in [1.807, 2.05) is 24.3 Å². The quantitative estimate of drug-likeness (QED) is 0.360. The van der Waals surface area contributed by atoms with Gasteiger partial charge in [0.2, 0.25) is 0 Å². The van der Waals surface area contributed by atoms with Crippen LogP contribution in [0.15, 0.2) is 46.0 Å². The summed E-state index contributed by atoms with van der Waals surface area (Å²) >= 11 is 3.28. The van der Waals surface area contributed by atoms with E-state index in [0.717, 1.165) is 34.2 Å². The lowest BCUT2D eigenvalue weighted by Crippen LogP contribution is -2.02. The van der Waals surface area contributed by atoms with Gasteiger partial charge in [0.25, 0.3) is 5.95 Å². The SMILES string of the molecule is CCn1c2ccccc2c2nnc(N/N=C/c3cc(Br)c(O)c(OC)c3)nc21. The number of aromatic hydroxyl groups is 1. The molecular formula is C19H17BrN6O2. The zero-order valence-corrected chi connectivity index (χ0v) is 16.8. The fourth-order valence-corrected chi connectivity index (χ4v) is 3.52. The van der Waals surface area contributed by atoms with Crippen molar-refractivity contribution in [2.75, 3.05) is 12.5 Å². The van der Waals surface area contributed by atoms with E-state index < -0.39 is 0 Å². The number of aromatic nitrogens is 4. The summed E-state index contributed by atoms with van der Waals surface area (Å²) in [5, 5.41) is 23.5. The van der Waals surface area contributed by atoms with E-state index in [1.165, 1.54) is 7.11 Å². The zero-order valence-electron chi connectivity index (χ0n) is 15.2. The Morgan fingerprint density at radius 1 is 1.29 bits per heavy atom.